The SMILES string of the molecule is O=C(NC1CCC(CO)CC1)c1ccc(Br)c(Cl)c1. The molecule has 1 aromatic rings. The second-order valence-electron chi connectivity index (χ2n) is 5.00. The number of aliphatic hydroxyl groups is 1. The van der Waals surface area contributed by atoms with Crippen LogP contribution in [0.15, 0.2) is 22.7 Å². The third kappa shape index (κ3) is 3.94. The van der Waals surface area contributed by atoms with E-state index in [4.69, 9.17) is 16.7 Å². The van der Waals surface area contributed by atoms with Crippen LogP contribution in [0, 0.1) is 5.92 Å². The van der Waals surface area contributed by atoms with Crippen molar-refractivity contribution in [1.29, 1.82) is 0 Å². The number of amides is 1. The zero-order valence-electron chi connectivity index (χ0n) is 10.5. The molecule has 1 amide bonds. The van der Waals surface area contributed by atoms with Crippen LogP contribution >= 0.6 is 27.5 Å². The summed E-state index contributed by atoms with van der Waals surface area (Å²) in [7, 11) is 0. The maximum absolute atomic E-state index is 12.1. The van der Waals surface area contributed by atoms with E-state index >= 15 is 0 Å². The summed E-state index contributed by atoms with van der Waals surface area (Å²) in [6, 6.07) is 5.41. The highest BCUT2D eigenvalue weighted by molar-refractivity contribution is 9.10. The molecule has 19 heavy (non-hydrogen) atoms. The number of carbonyl (C=O) groups is 1. The van der Waals surface area contributed by atoms with E-state index in [1.54, 1.807) is 18.2 Å². The molecule has 2 rings (SSSR count). The first kappa shape index (κ1) is 14.8. The van der Waals surface area contributed by atoms with Crippen LogP contribution in [-0.4, -0.2) is 23.7 Å². The van der Waals surface area contributed by atoms with Gasteiger partial charge in [-0.2, -0.15) is 0 Å². The van der Waals surface area contributed by atoms with Crippen molar-refractivity contribution in [2.75, 3.05) is 6.61 Å². The summed E-state index contributed by atoms with van der Waals surface area (Å²) >= 11 is 9.29. The Morgan fingerprint density at radius 3 is 2.63 bits per heavy atom. The maximum atomic E-state index is 12.1. The van der Waals surface area contributed by atoms with Gasteiger partial charge in [0.2, 0.25) is 0 Å². The van der Waals surface area contributed by atoms with Gasteiger partial charge in [-0.05, 0) is 65.7 Å². The molecule has 0 radical (unpaired) electrons. The molecule has 0 aromatic heterocycles. The highest BCUT2D eigenvalue weighted by Crippen LogP contribution is 2.25. The summed E-state index contributed by atoms with van der Waals surface area (Å²) < 4.78 is 0.786. The van der Waals surface area contributed by atoms with Crippen molar-refractivity contribution in [1.82, 2.24) is 5.32 Å². The van der Waals surface area contributed by atoms with Crippen LogP contribution in [0.3, 0.4) is 0 Å². The minimum absolute atomic E-state index is 0.0816. The fourth-order valence-electron chi connectivity index (χ4n) is 2.40. The van der Waals surface area contributed by atoms with Gasteiger partial charge >= 0.3 is 0 Å². The fraction of sp³-hybridized carbons (Fsp3) is 0.500. The van der Waals surface area contributed by atoms with E-state index in [1.807, 2.05) is 0 Å². The quantitative estimate of drug-likeness (QED) is 0.881. The minimum Gasteiger partial charge on any atom is -0.396 e. The lowest BCUT2D eigenvalue weighted by Gasteiger charge is -2.28. The van der Waals surface area contributed by atoms with Crippen molar-refractivity contribution in [2.24, 2.45) is 5.92 Å². The van der Waals surface area contributed by atoms with Gasteiger partial charge in [-0.1, -0.05) is 11.6 Å². The summed E-state index contributed by atoms with van der Waals surface area (Å²) in [6.07, 6.45) is 3.81. The molecule has 1 aromatic carbocycles. The molecule has 104 valence electrons. The number of hydrogen-bond acceptors (Lipinski definition) is 2. The van der Waals surface area contributed by atoms with Gasteiger partial charge in [0.15, 0.2) is 0 Å². The third-order valence-electron chi connectivity index (χ3n) is 3.62. The average molecular weight is 347 g/mol. The second kappa shape index (κ2) is 6.73. The Kier molecular flexibility index (Phi) is 5.25. The van der Waals surface area contributed by atoms with Crippen LogP contribution in [0.4, 0.5) is 0 Å². The zero-order chi connectivity index (χ0) is 13.8. The number of benzene rings is 1. The molecule has 1 fully saturated rings. The Hall–Kier alpha value is -0.580. The molecule has 0 bridgehead atoms. The first-order valence-electron chi connectivity index (χ1n) is 6.47. The summed E-state index contributed by atoms with van der Waals surface area (Å²) in [5.74, 6) is 0.317. The predicted octanol–water partition coefficient (Wildman–Crippen LogP) is 3.38. The maximum Gasteiger partial charge on any atom is 0.251 e. The van der Waals surface area contributed by atoms with Crippen LogP contribution in [0.1, 0.15) is 36.0 Å². The first-order valence-corrected chi connectivity index (χ1v) is 7.64. The van der Waals surface area contributed by atoms with Gasteiger partial charge in [0.05, 0.1) is 5.02 Å². The van der Waals surface area contributed by atoms with Crippen LogP contribution in [0.2, 0.25) is 5.02 Å². The molecule has 0 unspecified atom stereocenters. The smallest absolute Gasteiger partial charge is 0.251 e. The lowest BCUT2D eigenvalue weighted by atomic mass is 9.86. The largest absolute Gasteiger partial charge is 0.396 e. The van der Waals surface area contributed by atoms with Gasteiger partial charge in [-0.3, -0.25) is 4.79 Å². The second-order valence-corrected chi connectivity index (χ2v) is 6.26. The fourth-order valence-corrected chi connectivity index (χ4v) is 2.82. The van der Waals surface area contributed by atoms with Crippen LogP contribution in [0.5, 0.6) is 0 Å². The Bertz CT molecular complexity index is 459. The van der Waals surface area contributed by atoms with E-state index in [0.29, 0.717) is 16.5 Å². The van der Waals surface area contributed by atoms with Crippen molar-refractivity contribution in [3.63, 3.8) is 0 Å². The molecule has 0 saturated heterocycles. The predicted molar refractivity (Wildman–Crippen MR) is 79.5 cm³/mol. The van der Waals surface area contributed by atoms with Gasteiger partial charge in [-0.25, -0.2) is 0 Å². The highest BCUT2D eigenvalue weighted by Gasteiger charge is 2.22. The van der Waals surface area contributed by atoms with Crippen LogP contribution in [-0.2, 0) is 0 Å². The summed E-state index contributed by atoms with van der Waals surface area (Å²) in [5.41, 5.74) is 0.581. The lowest BCUT2D eigenvalue weighted by Crippen LogP contribution is -2.38. The van der Waals surface area contributed by atoms with Crippen molar-refractivity contribution in [3.05, 3.63) is 33.3 Å². The third-order valence-corrected chi connectivity index (χ3v) is 4.85. The normalized spacial score (nSPS) is 23.1. The van der Waals surface area contributed by atoms with Gasteiger partial charge in [-0.15, -0.1) is 0 Å². The van der Waals surface area contributed by atoms with E-state index in [2.05, 4.69) is 21.2 Å². The summed E-state index contributed by atoms with van der Waals surface area (Å²) in [6.45, 7) is 0.253. The molecule has 0 spiro atoms. The van der Waals surface area contributed by atoms with Gasteiger partial charge in [0, 0.05) is 22.7 Å². The van der Waals surface area contributed by atoms with E-state index in [1.165, 1.54) is 0 Å². The Morgan fingerprint density at radius 1 is 1.37 bits per heavy atom. The number of nitrogens with one attached hydrogen (secondary N) is 1. The Labute approximate surface area is 126 Å². The molecule has 0 aliphatic heterocycles. The van der Waals surface area contributed by atoms with E-state index in [9.17, 15) is 4.79 Å². The highest BCUT2D eigenvalue weighted by atomic mass is 79.9. The average Bonchev–Trinajstić information content (AvgIpc) is 2.42. The summed E-state index contributed by atoms with van der Waals surface area (Å²) in [5, 5.41) is 12.7. The molecule has 2 N–H and O–H groups in total. The van der Waals surface area contributed by atoms with Gasteiger partial charge in [0.25, 0.3) is 5.91 Å². The van der Waals surface area contributed by atoms with Crippen molar-refractivity contribution >= 4 is 33.4 Å². The Morgan fingerprint density at radius 2 is 2.05 bits per heavy atom. The lowest BCUT2D eigenvalue weighted by molar-refractivity contribution is 0.0914. The monoisotopic (exact) mass is 345 g/mol. The molecule has 0 atom stereocenters. The van der Waals surface area contributed by atoms with E-state index in [0.717, 1.165) is 30.2 Å². The molecule has 1 aliphatic rings. The van der Waals surface area contributed by atoms with Gasteiger partial charge in [0.1, 0.15) is 0 Å². The zero-order valence-corrected chi connectivity index (χ0v) is 12.9. The van der Waals surface area contributed by atoms with Crippen LogP contribution in [0.25, 0.3) is 0 Å². The Balaban J connectivity index is 1.92. The molecular weight excluding hydrogens is 330 g/mol. The van der Waals surface area contributed by atoms with Gasteiger partial charge < -0.3 is 10.4 Å². The molecule has 5 heteroatoms. The standard InChI is InChI=1S/C14H17BrClNO2/c15-12-6-3-10(7-13(12)16)14(19)17-11-4-1-9(8-18)2-5-11/h3,6-7,9,11,18H,1-2,4-5,8H2,(H,17,19). The van der Waals surface area contributed by atoms with Crippen molar-refractivity contribution < 1.29 is 9.90 Å². The number of aliphatic hydroxyl groups excluding tert-OH is 1. The molecular formula is C14H17BrClNO2. The molecule has 3 nitrogen and oxygen atoms in total. The van der Waals surface area contributed by atoms with Crippen molar-refractivity contribution in [2.45, 2.75) is 31.7 Å². The molecule has 1 aliphatic carbocycles. The summed E-state index contributed by atoms with van der Waals surface area (Å²) in [4.78, 5) is 12.1. The van der Waals surface area contributed by atoms with Crippen molar-refractivity contribution in [3.8, 4) is 0 Å². The molecule has 0 heterocycles. The minimum atomic E-state index is -0.0816. The number of rotatable bonds is 3. The molecule has 1 saturated carbocycles. The number of hydrogen-bond donors (Lipinski definition) is 2. The first-order chi connectivity index (χ1) is 9.10. The topological polar surface area (TPSA) is 49.3 Å². The van der Waals surface area contributed by atoms with E-state index in [-0.39, 0.29) is 18.6 Å². The van der Waals surface area contributed by atoms with E-state index < -0.39 is 0 Å². The number of carbonyl (C=O) groups excluding carboxylic acids is 1. The number of halogens is 2. The van der Waals surface area contributed by atoms with Crippen LogP contribution < -0.4 is 5.32 Å².